The first-order chi connectivity index (χ1) is 14.5. The van der Waals surface area contributed by atoms with Crippen molar-refractivity contribution in [2.45, 2.75) is 26.2 Å². The van der Waals surface area contributed by atoms with Gasteiger partial charge in [-0.3, -0.25) is 23.6 Å². The molecule has 0 spiro atoms. The van der Waals surface area contributed by atoms with Crippen LogP contribution < -0.4 is 10.6 Å². The fourth-order valence-electron chi connectivity index (χ4n) is 2.81. The molecule has 0 saturated carbocycles. The number of anilines is 1. The van der Waals surface area contributed by atoms with Crippen molar-refractivity contribution in [1.82, 2.24) is 34.7 Å². The monoisotopic (exact) mass is 502 g/mol. The van der Waals surface area contributed by atoms with Gasteiger partial charge in [-0.25, -0.2) is 0 Å². The second-order valence-electron chi connectivity index (χ2n) is 6.69. The molecule has 31 heavy (non-hydrogen) atoms. The predicted octanol–water partition coefficient (Wildman–Crippen LogP) is 2.01. The lowest BCUT2D eigenvalue weighted by Crippen LogP contribution is -2.27. The molecule has 0 fully saturated rings. The molecule has 3 rings (SSSR count). The summed E-state index contributed by atoms with van der Waals surface area (Å²) in [6, 6.07) is 0. The number of halogens is 4. The first-order valence-electron chi connectivity index (χ1n) is 8.85. The molecule has 0 aromatic carbocycles. The van der Waals surface area contributed by atoms with Gasteiger partial charge in [-0.1, -0.05) is 0 Å². The van der Waals surface area contributed by atoms with Gasteiger partial charge in [0, 0.05) is 32.4 Å². The Balaban J connectivity index is 1.71. The van der Waals surface area contributed by atoms with Gasteiger partial charge in [0.2, 0.25) is 5.91 Å². The number of alkyl halides is 3. The van der Waals surface area contributed by atoms with Crippen LogP contribution in [0.5, 0.6) is 0 Å². The molecular formula is C17H18BrF3N8O2. The van der Waals surface area contributed by atoms with Gasteiger partial charge in [0.1, 0.15) is 12.2 Å². The van der Waals surface area contributed by atoms with Crippen LogP contribution in [0, 0.1) is 6.92 Å². The summed E-state index contributed by atoms with van der Waals surface area (Å²) in [5.74, 6) is -1.15. The van der Waals surface area contributed by atoms with E-state index in [0.717, 1.165) is 10.2 Å². The minimum absolute atomic E-state index is 0.0894. The second-order valence-corrected chi connectivity index (χ2v) is 7.48. The van der Waals surface area contributed by atoms with Crippen LogP contribution in [0.2, 0.25) is 0 Å². The van der Waals surface area contributed by atoms with Crippen molar-refractivity contribution in [2.24, 2.45) is 14.1 Å². The van der Waals surface area contributed by atoms with Crippen LogP contribution in [0.3, 0.4) is 0 Å². The molecule has 3 heterocycles. The molecule has 166 valence electrons. The number of aromatic nitrogens is 6. The number of nitrogens with zero attached hydrogens (tertiary/aromatic N) is 6. The quantitative estimate of drug-likeness (QED) is 0.535. The van der Waals surface area contributed by atoms with Gasteiger partial charge in [0.15, 0.2) is 5.69 Å². The largest absolute Gasteiger partial charge is 0.436 e. The average molecular weight is 503 g/mol. The Bertz CT molecular complexity index is 1130. The molecule has 0 aliphatic rings. The second kappa shape index (κ2) is 8.53. The van der Waals surface area contributed by atoms with Crippen molar-refractivity contribution in [3.05, 3.63) is 45.7 Å². The summed E-state index contributed by atoms with van der Waals surface area (Å²) in [4.78, 5) is 25.0. The molecule has 0 unspecified atom stereocenters. The third kappa shape index (κ3) is 4.95. The van der Waals surface area contributed by atoms with Crippen LogP contribution >= 0.6 is 15.9 Å². The summed E-state index contributed by atoms with van der Waals surface area (Å²) in [5.41, 5.74) is 0.0178. The van der Waals surface area contributed by atoms with Gasteiger partial charge >= 0.3 is 6.18 Å². The summed E-state index contributed by atoms with van der Waals surface area (Å²) in [7, 11) is 3.27. The zero-order valence-electron chi connectivity index (χ0n) is 16.7. The Morgan fingerprint density at radius 3 is 2.48 bits per heavy atom. The Morgan fingerprint density at radius 1 is 1.19 bits per heavy atom. The predicted molar refractivity (Wildman–Crippen MR) is 106 cm³/mol. The number of rotatable bonds is 6. The van der Waals surface area contributed by atoms with E-state index < -0.39 is 30.2 Å². The molecule has 0 aliphatic heterocycles. The molecule has 3 aromatic rings. The maximum atomic E-state index is 13.0. The van der Waals surface area contributed by atoms with Gasteiger partial charge in [-0.2, -0.15) is 28.5 Å². The van der Waals surface area contributed by atoms with Gasteiger partial charge < -0.3 is 10.6 Å². The van der Waals surface area contributed by atoms with E-state index in [0.29, 0.717) is 0 Å². The van der Waals surface area contributed by atoms with Crippen molar-refractivity contribution < 1.29 is 22.8 Å². The summed E-state index contributed by atoms with van der Waals surface area (Å²) in [6.45, 7) is 1.14. The zero-order valence-corrected chi connectivity index (χ0v) is 18.2. The Labute approximate surface area is 182 Å². The highest BCUT2D eigenvalue weighted by atomic mass is 79.9. The normalized spacial score (nSPS) is 11.6. The molecule has 10 nitrogen and oxygen atoms in total. The van der Waals surface area contributed by atoms with Crippen molar-refractivity contribution in [2.75, 3.05) is 5.32 Å². The number of hydrogen-bond donors (Lipinski definition) is 2. The first kappa shape index (κ1) is 22.5. The van der Waals surface area contributed by atoms with Crippen molar-refractivity contribution in [1.29, 1.82) is 0 Å². The van der Waals surface area contributed by atoms with Crippen LogP contribution in [0.25, 0.3) is 0 Å². The van der Waals surface area contributed by atoms with E-state index in [2.05, 4.69) is 41.9 Å². The first-order valence-corrected chi connectivity index (χ1v) is 9.64. The Morgan fingerprint density at radius 2 is 1.90 bits per heavy atom. The zero-order chi connectivity index (χ0) is 22.9. The molecule has 0 atom stereocenters. The molecule has 0 saturated heterocycles. The maximum Gasteiger partial charge on any atom is 0.436 e. The van der Waals surface area contributed by atoms with Crippen LogP contribution in [0.4, 0.5) is 18.9 Å². The fourth-order valence-corrected chi connectivity index (χ4v) is 3.32. The van der Waals surface area contributed by atoms with E-state index in [4.69, 9.17) is 0 Å². The number of nitrogens with one attached hydrogen (secondary N) is 2. The minimum atomic E-state index is -4.66. The van der Waals surface area contributed by atoms with Crippen molar-refractivity contribution >= 4 is 33.4 Å². The van der Waals surface area contributed by atoms with E-state index in [1.54, 1.807) is 24.1 Å². The van der Waals surface area contributed by atoms with Gasteiger partial charge in [-0.05, 0) is 22.9 Å². The van der Waals surface area contributed by atoms with Crippen molar-refractivity contribution in [3.63, 3.8) is 0 Å². The standard InChI is InChI=1S/C17H18BrF3N8O2/c1-9-13(18)15(17(19,20)21)26-29(9)8-12(30)25-11-6-24-28(3)14(11)16(31)22-4-10-5-23-27(2)7-10/h5-7H,4,8H2,1-3H3,(H,22,31)(H,25,30). The summed E-state index contributed by atoms with van der Waals surface area (Å²) < 4.78 is 42.6. The Kier molecular flexibility index (Phi) is 6.20. The van der Waals surface area contributed by atoms with Gasteiger partial charge in [0.05, 0.1) is 28.2 Å². The molecule has 2 amide bonds. The summed E-state index contributed by atoms with van der Waals surface area (Å²) in [5, 5.41) is 16.7. The van der Waals surface area contributed by atoms with Crippen LogP contribution in [-0.2, 0) is 38.2 Å². The third-order valence-corrected chi connectivity index (χ3v) is 5.28. The smallest absolute Gasteiger partial charge is 0.346 e. The number of amides is 2. The average Bonchev–Trinajstić information content (AvgIpc) is 3.33. The van der Waals surface area contributed by atoms with Gasteiger partial charge in [-0.15, -0.1) is 0 Å². The SMILES string of the molecule is Cc1c(Br)c(C(F)(F)F)nn1CC(=O)Nc1cnn(C)c1C(=O)NCc1cnn(C)c1. The lowest BCUT2D eigenvalue weighted by molar-refractivity contribution is -0.142. The number of carbonyl (C=O) groups excluding carboxylic acids is 2. The van der Waals surface area contributed by atoms with Crippen molar-refractivity contribution in [3.8, 4) is 0 Å². The highest BCUT2D eigenvalue weighted by Gasteiger charge is 2.38. The molecule has 3 aromatic heterocycles. The molecular weight excluding hydrogens is 485 g/mol. The van der Waals surface area contributed by atoms with E-state index in [1.807, 2.05) is 0 Å². The van der Waals surface area contributed by atoms with E-state index in [1.165, 1.54) is 24.9 Å². The summed E-state index contributed by atoms with van der Waals surface area (Å²) >= 11 is 2.86. The Hall–Kier alpha value is -3.16. The van der Waals surface area contributed by atoms with E-state index in [9.17, 15) is 22.8 Å². The van der Waals surface area contributed by atoms with E-state index in [-0.39, 0.29) is 28.1 Å². The third-order valence-electron chi connectivity index (χ3n) is 4.33. The maximum absolute atomic E-state index is 13.0. The number of carbonyl (C=O) groups is 2. The topological polar surface area (TPSA) is 112 Å². The molecule has 14 heteroatoms. The molecule has 0 bridgehead atoms. The van der Waals surface area contributed by atoms with Crippen LogP contribution in [0.1, 0.15) is 27.4 Å². The minimum Gasteiger partial charge on any atom is -0.346 e. The summed E-state index contributed by atoms with van der Waals surface area (Å²) in [6.07, 6.45) is -0.0317. The number of aryl methyl sites for hydroxylation is 2. The lowest BCUT2D eigenvalue weighted by Gasteiger charge is -2.09. The van der Waals surface area contributed by atoms with E-state index >= 15 is 0 Å². The number of hydrogen-bond acceptors (Lipinski definition) is 5. The van der Waals surface area contributed by atoms with Crippen LogP contribution in [0.15, 0.2) is 23.1 Å². The molecule has 0 aliphatic carbocycles. The lowest BCUT2D eigenvalue weighted by atomic mass is 10.3. The van der Waals surface area contributed by atoms with Crippen LogP contribution in [-0.4, -0.2) is 41.2 Å². The fraction of sp³-hybridized carbons (Fsp3) is 0.353. The molecule has 0 radical (unpaired) electrons. The van der Waals surface area contributed by atoms with Gasteiger partial charge in [0.25, 0.3) is 5.91 Å². The highest BCUT2D eigenvalue weighted by molar-refractivity contribution is 9.10. The highest BCUT2D eigenvalue weighted by Crippen LogP contribution is 2.35. The molecule has 2 N–H and O–H groups in total.